The third-order valence-electron chi connectivity index (χ3n) is 11.3. The van der Waals surface area contributed by atoms with Crippen molar-refractivity contribution < 1.29 is 19.5 Å². The molecular weight excluding hydrogens is 946 g/mol. The highest BCUT2D eigenvalue weighted by Gasteiger charge is 2.74. The van der Waals surface area contributed by atoms with Crippen LogP contribution in [0.1, 0.15) is 31.2 Å². The fourth-order valence-electron chi connectivity index (χ4n) is 8.04. The quantitative estimate of drug-likeness (QED) is 0.138. The average Bonchev–Trinajstić information content (AvgIpc) is 4.23. The van der Waals surface area contributed by atoms with Gasteiger partial charge in [-0.2, -0.15) is 0 Å². The normalized spacial score (nSPS) is 18.6. The molecule has 6 aromatic rings. The van der Waals surface area contributed by atoms with Gasteiger partial charge in [-0.3, -0.25) is 19.5 Å². The standard InChI is InChI=1S/C24H17Cl2N3O2.C17H12Cl2N2O2.C7H4BrN/c1-27-19-4-2-3-16(15-19)24(31)23(13-14-23)28(20-9-5-17(25)6-10-20)22(30)29(24)21-11-7-18(26)8-12-21;18-11-1-5-13(6-2-11)20-15(22)17(9-10-17)21(16(20)23)14-7-3-12(19)4-8-14;1-9-7-4-2-3-6(8)5-7/h2-12,15,31H,13-14H2;1-8H,9-10H2;2-5H. The second-order valence-corrected chi connectivity index (χ2v) is 17.8. The van der Waals surface area contributed by atoms with Crippen LogP contribution in [-0.4, -0.2) is 34.2 Å². The van der Waals surface area contributed by atoms with Crippen LogP contribution in [0, 0.1) is 13.1 Å². The molecule has 2 saturated heterocycles. The molecule has 2 spiro atoms. The molecule has 5 amide bonds. The van der Waals surface area contributed by atoms with Gasteiger partial charge >= 0.3 is 12.1 Å². The number of rotatable bonds is 5. The van der Waals surface area contributed by atoms with Crippen molar-refractivity contribution in [2.24, 2.45) is 0 Å². The molecule has 1 unspecified atom stereocenters. The first-order valence-electron chi connectivity index (χ1n) is 19.5. The molecule has 314 valence electrons. The molecule has 63 heavy (non-hydrogen) atoms. The SMILES string of the molecule is O=C1N(c2ccc(Cl)cc2)C(=O)C2(CC2)N1c1ccc(Cl)cc1.[C-]#[N+]c1cccc(Br)c1.[C-]#[N+]c1cccc(C2(O)N(c3ccc(Cl)cc3)C(=O)N(c3ccc(Cl)cc3)C23CC3)c1. The van der Waals surface area contributed by atoms with Gasteiger partial charge in [0.05, 0.1) is 18.8 Å². The highest BCUT2D eigenvalue weighted by atomic mass is 79.9. The van der Waals surface area contributed by atoms with Crippen LogP contribution in [0.4, 0.5) is 43.7 Å². The van der Waals surface area contributed by atoms with E-state index in [9.17, 15) is 19.5 Å². The van der Waals surface area contributed by atoms with E-state index in [4.69, 9.17) is 59.5 Å². The number of amides is 5. The maximum Gasteiger partial charge on any atom is 0.336 e. The van der Waals surface area contributed by atoms with Gasteiger partial charge in [0.15, 0.2) is 17.1 Å². The Kier molecular flexibility index (Phi) is 12.0. The number of imide groups is 1. The van der Waals surface area contributed by atoms with Gasteiger partial charge in [-0.1, -0.05) is 98.7 Å². The summed E-state index contributed by atoms with van der Waals surface area (Å²) in [5.41, 5.74) is 0.684. The minimum Gasteiger partial charge on any atom is -0.365 e. The summed E-state index contributed by atoms with van der Waals surface area (Å²) in [6, 6.07) is 40.9. The summed E-state index contributed by atoms with van der Waals surface area (Å²) in [6.07, 6.45) is 2.57. The molecule has 1 atom stereocenters. The molecular formula is C48H33BrCl4N6O4. The second-order valence-electron chi connectivity index (χ2n) is 15.1. The van der Waals surface area contributed by atoms with Crippen LogP contribution in [0.2, 0.25) is 20.1 Å². The number of nitrogens with zero attached hydrogens (tertiary/aromatic N) is 6. The van der Waals surface area contributed by atoms with E-state index in [1.807, 2.05) is 12.1 Å². The summed E-state index contributed by atoms with van der Waals surface area (Å²) in [7, 11) is 0. The molecule has 2 heterocycles. The van der Waals surface area contributed by atoms with Crippen molar-refractivity contribution in [2.45, 2.75) is 42.5 Å². The van der Waals surface area contributed by atoms with Gasteiger partial charge in [0.1, 0.15) is 11.1 Å². The molecule has 10 nitrogen and oxygen atoms in total. The van der Waals surface area contributed by atoms with E-state index in [0.717, 1.165) is 4.47 Å². The first kappa shape index (κ1) is 43.7. The van der Waals surface area contributed by atoms with Crippen LogP contribution >= 0.6 is 62.3 Å². The zero-order valence-corrected chi connectivity index (χ0v) is 37.5. The lowest BCUT2D eigenvalue weighted by Crippen LogP contribution is -2.51. The van der Waals surface area contributed by atoms with Crippen molar-refractivity contribution in [3.63, 3.8) is 0 Å². The molecule has 0 aromatic heterocycles. The Morgan fingerprint density at radius 2 is 0.952 bits per heavy atom. The van der Waals surface area contributed by atoms with Crippen LogP contribution in [-0.2, 0) is 10.5 Å². The Morgan fingerprint density at radius 1 is 0.524 bits per heavy atom. The Balaban J connectivity index is 0.000000149. The monoisotopic (exact) mass is 976 g/mol. The number of anilines is 4. The molecule has 2 saturated carbocycles. The summed E-state index contributed by atoms with van der Waals surface area (Å²) in [4.78, 5) is 52.2. The topological polar surface area (TPSA) is 93.1 Å². The van der Waals surface area contributed by atoms with Gasteiger partial charge in [-0.05, 0) is 140 Å². The molecule has 4 fully saturated rings. The van der Waals surface area contributed by atoms with Crippen molar-refractivity contribution in [1.82, 2.24) is 0 Å². The minimum absolute atomic E-state index is 0.181. The predicted octanol–water partition coefficient (Wildman–Crippen LogP) is 13.9. The van der Waals surface area contributed by atoms with E-state index in [0.29, 0.717) is 85.5 Å². The van der Waals surface area contributed by atoms with Gasteiger partial charge in [0.2, 0.25) is 0 Å². The number of benzene rings is 6. The summed E-state index contributed by atoms with van der Waals surface area (Å²) in [5.74, 6) is -0.181. The van der Waals surface area contributed by atoms with E-state index in [1.165, 1.54) is 9.80 Å². The van der Waals surface area contributed by atoms with Crippen LogP contribution in [0.15, 0.2) is 150 Å². The number of carbonyl (C=O) groups excluding carboxylic acids is 3. The maximum absolute atomic E-state index is 13.8. The maximum atomic E-state index is 13.8. The van der Waals surface area contributed by atoms with Gasteiger partial charge in [-0.15, -0.1) is 0 Å². The molecule has 0 radical (unpaired) electrons. The van der Waals surface area contributed by atoms with Crippen molar-refractivity contribution in [3.8, 4) is 0 Å². The minimum atomic E-state index is -1.67. The van der Waals surface area contributed by atoms with E-state index in [1.54, 1.807) is 143 Å². The summed E-state index contributed by atoms with van der Waals surface area (Å²) >= 11 is 27.2. The molecule has 2 aliphatic heterocycles. The van der Waals surface area contributed by atoms with Gasteiger partial charge in [0, 0.05) is 41.6 Å². The predicted molar refractivity (Wildman–Crippen MR) is 252 cm³/mol. The third kappa shape index (κ3) is 8.02. The van der Waals surface area contributed by atoms with E-state index >= 15 is 0 Å². The molecule has 4 aliphatic rings. The van der Waals surface area contributed by atoms with Gasteiger partial charge in [0.25, 0.3) is 5.91 Å². The van der Waals surface area contributed by atoms with Crippen LogP contribution in [0.3, 0.4) is 0 Å². The zero-order valence-electron chi connectivity index (χ0n) is 32.9. The first-order valence-corrected chi connectivity index (χ1v) is 21.8. The first-order chi connectivity index (χ1) is 30.3. The Bertz CT molecular complexity index is 2830. The van der Waals surface area contributed by atoms with Crippen LogP contribution in [0.25, 0.3) is 9.69 Å². The lowest BCUT2D eigenvalue weighted by atomic mass is 9.91. The second kappa shape index (κ2) is 17.3. The molecule has 2 aliphatic carbocycles. The fourth-order valence-corrected chi connectivity index (χ4v) is 8.93. The van der Waals surface area contributed by atoms with Gasteiger partial charge < -0.3 is 5.11 Å². The van der Waals surface area contributed by atoms with Gasteiger partial charge in [-0.25, -0.2) is 24.2 Å². The highest BCUT2D eigenvalue weighted by Crippen LogP contribution is 2.62. The number of aliphatic hydroxyl groups is 1. The number of urea groups is 2. The number of halogens is 5. The van der Waals surface area contributed by atoms with Crippen molar-refractivity contribution in [3.05, 3.63) is 199 Å². The Hall–Kier alpha value is -5.89. The van der Waals surface area contributed by atoms with E-state index < -0.39 is 16.8 Å². The molecule has 6 aromatic carbocycles. The van der Waals surface area contributed by atoms with Crippen molar-refractivity contribution >= 4 is 114 Å². The largest absolute Gasteiger partial charge is 0.365 e. The average molecular weight is 980 g/mol. The highest BCUT2D eigenvalue weighted by molar-refractivity contribution is 9.10. The van der Waals surface area contributed by atoms with Crippen molar-refractivity contribution in [1.29, 1.82) is 0 Å². The lowest BCUT2D eigenvalue weighted by Gasteiger charge is -2.38. The summed E-state index contributed by atoms with van der Waals surface area (Å²) in [5, 5.41) is 14.6. The number of hydrogen-bond acceptors (Lipinski definition) is 4. The number of carbonyl (C=O) groups is 3. The van der Waals surface area contributed by atoms with E-state index in [-0.39, 0.29) is 18.0 Å². The summed E-state index contributed by atoms with van der Waals surface area (Å²) in [6.45, 7) is 14.0. The molecule has 10 rings (SSSR count). The van der Waals surface area contributed by atoms with Crippen molar-refractivity contribution in [2.75, 3.05) is 19.6 Å². The number of hydrogen-bond donors (Lipinski definition) is 1. The third-order valence-corrected chi connectivity index (χ3v) is 12.8. The Labute approximate surface area is 392 Å². The smallest absolute Gasteiger partial charge is 0.336 e. The lowest BCUT2D eigenvalue weighted by molar-refractivity contribution is -0.118. The molecule has 15 heteroatoms. The molecule has 1 N–H and O–H groups in total. The fraction of sp³-hybridized carbons (Fsp3) is 0.146. The Morgan fingerprint density at radius 3 is 1.38 bits per heavy atom. The van der Waals surface area contributed by atoms with Crippen LogP contribution < -0.4 is 19.6 Å². The zero-order chi connectivity index (χ0) is 44.7. The summed E-state index contributed by atoms with van der Waals surface area (Å²) < 4.78 is 0.955. The van der Waals surface area contributed by atoms with E-state index in [2.05, 4.69) is 25.6 Å². The molecule has 0 bridgehead atoms. The van der Waals surface area contributed by atoms with Crippen LogP contribution in [0.5, 0.6) is 0 Å².